The molecule has 0 aliphatic carbocycles. The van der Waals surface area contributed by atoms with Crippen LogP contribution in [0.5, 0.6) is 0 Å². The van der Waals surface area contributed by atoms with Crippen LogP contribution in [0.2, 0.25) is 0 Å². The minimum atomic E-state index is -3.62. The van der Waals surface area contributed by atoms with Crippen molar-refractivity contribution in [2.24, 2.45) is 0 Å². The number of piperidine rings is 1. The van der Waals surface area contributed by atoms with Crippen LogP contribution in [0.15, 0.2) is 23.1 Å². The fourth-order valence-electron chi connectivity index (χ4n) is 2.53. The lowest BCUT2D eigenvalue weighted by Gasteiger charge is -2.30. The van der Waals surface area contributed by atoms with Crippen molar-refractivity contribution in [3.63, 3.8) is 0 Å². The number of nitrogens with one attached hydrogen (secondary N) is 1. The summed E-state index contributed by atoms with van der Waals surface area (Å²) in [6.45, 7) is 3.13. The zero-order valence-corrected chi connectivity index (χ0v) is 14.1. The summed E-state index contributed by atoms with van der Waals surface area (Å²) in [5.74, 6) is 0. The van der Waals surface area contributed by atoms with Gasteiger partial charge in [0.25, 0.3) is 5.69 Å². The number of rotatable bonds is 4. The van der Waals surface area contributed by atoms with Crippen molar-refractivity contribution < 1.29 is 13.3 Å². The third-order valence-electron chi connectivity index (χ3n) is 3.86. The fraction of sp³-hybridized carbons (Fsp3) is 0.538. The number of nitro groups is 1. The van der Waals surface area contributed by atoms with Gasteiger partial charge < -0.3 is 5.32 Å². The summed E-state index contributed by atoms with van der Waals surface area (Å²) in [4.78, 5) is 10.4. The average Bonchev–Trinajstić information content (AvgIpc) is 2.46. The molecule has 1 heterocycles. The molecule has 0 bridgehead atoms. The maximum atomic E-state index is 12.6. The first-order valence-electron chi connectivity index (χ1n) is 6.78. The van der Waals surface area contributed by atoms with Crippen LogP contribution in [0.25, 0.3) is 0 Å². The first-order chi connectivity index (χ1) is 9.84. The smallest absolute Gasteiger partial charge is 0.272 e. The van der Waals surface area contributed by atoms with Gasteiger partial charge in [0.1, 0.15) is 0 Å². The monoisotopic (exact) mass is 349 g/mol. The molecule has 1 fully saturated rings. The van der Waals surface area contributed by atoms with E-state index in [4.69, 9.17) is 0 Å². The Balaban J connectivity index is 0.00000242. The Kier molecular flexibility index (Phi) is 6.30. The summed E-state index contributed by atoms with van der Waals surface area (Å²) >= 11 is 0. The Labute approximate surface area is 136 Å². The molecule has 2 rings (SSSR count). The molecule has 7 nitrogen and oxygen atoms in total. The molecule has 9 heteroatoms. The highest BCUT2D eigenvalue weighted by molar-refractivity contribution is 7.89. The van der Waals surface area contributed by atoms with Gasteiger partial charge in [-0.25, -0.2) is 8.42 Å². The van der Waals surface area contributed by atoms with Gasteiger partial charge in [-0.1, -0.05) is 0 Å². The first-order valence-corrected chi connectivity index (χ1v) is 8.22. The molecule has 0 saturated carbocycles. The maximum Gasteiger partial charge on any atom is 0.272 e. The number of sulfonamides is 1. The van der Waals surface area contributed by atoms with Crippen molar-refractivity contribution in [2.45, 2.75) is 30.7 Å². The Bertz CT molecular complexity index is 645. The molecule has 22 heavy (non-hydrogen) atoms. The number of benzene rings is 1. The van der Waals surface area contributed by atoms with Crippen LogP contribution < -0.4 is 5.32 Å². The molecule has 1 N–H and O–H groups in total. The van der Waals surface area contributed by atoms with Gasteiger partial charge in [0.2, 0.25) is 10.0 Å². The molecule has 0 spiro atoms. The van der Waals surface area contributed by atoms with Crippen LogP contribution in [0, 0.1) is 17.0 Å². The number of nitrogens with zero attached hydrogens (tertiary/aromatic N) is 2. The van der Waals surface area contributed by atoms with Crippen LogP contribution in [0.4, 0.5) is 5.69 Å². The minimum absolute atomic E-state index is 0. The predicted octanol–water partition coefficient (Wildman–Crippen LogP) is 1.70. The Morgan fingerprint density at radius 2 is 1.91 bits per heavy atom. The third-order valence-corrected chi connectivity index (χ3v) is 5.77. The number of nitro benzene ring substituents is 1. The van der Waals surface area contributed by atoms with Gasteiger partial charge in [0, 0.05) is 24.7 Å². The van der Waals surface area contributed by atoms with E-state index in [0.29, 0.717) is 5.56 Å². The van der Waals surface area contributed by atoms with Crippen LogP contribution in [0.1, 0.15) is 18.4 Å². The molecule has 1 saturated heterocycles. The zero-order chi connectivity index (χ0) is 15.6. The highest BCUT2D eigenvalue weighted by Gasteiger charge is 2.29. The van der Waals surface area contributed by atoms with E-state index < -0.39 is 14.9 Å². The fourth-order valence-corrected chi connectivity index (χ4v) is 4.03. The van der Waals surface area contributed by atoms with E-state index in [-0.39, 0.29) is 29.0 Å². The molecule has 0 unspecified atom stereocenters. The number of hydrogen-bond donors (Lipinski definition) is 1. The summed E-state index contributed by atoms with van der Waals surface area (Å²) in [6, 6.07) is 3.88. The molecule has 1 aliphatic rings. The van der Waals surface area contributed by atoms with Crippen molar-refractivity contribution >= 4 is 28.1 Å². The lowest BCUT2D eigenvalue weighted by Crippen LogP contribution is -2.43. The van der Waals surface area contributed by atoms with Gasteiger partial charge in [-0.2, -0.15) is 4.31 Å². The summed E-state index contributed by atoms with van der Waals surface area (Å²) in [5.41, 5.74) is 0.276. The summed E-state index contributed by atoms with van der Waals surface area (Å²) in [5, 5.41) is 14.0. The van der Waals surface area contributed by atoms with E-state index >= 15 is 0 Å². The standard InChI is InChI=1S/C13H19N3O4S.ClH/c1-10-9-12(3-4-13(10)16(17)18)21(19,20)15(2)11-5-7-14-8-6-11;/h3-4,9,11,14H,5-8H2,1-2H3;1H. The molecule has 1 aliphatic heterocycles. The highest BCUT2D eigenvalue weighted by atomic mass is 35.5. The second-order valence-corrected chi connectivity index (χ2v) is 7.21. The molecule has 1 aromatic carbocycles. The molecule has 0 atom stereocenters. The summed E-state index contributed by atoms with van der Waals surface area (Å²) in [7, 11) is -2.05. The van der Waals surface area contributed by atoms with Gasteiger partial charge in [-0.15, -0.1) is 12.4 Å². The maximum absolute atomic E-state index is 12.6. The molecule has 0 aromatic heterocycles. The number of halogens is 1. The van der Waals surface area contributed by atoms with Gasteiger partial charge in [0.15, 0.2) is 0 Å². The SMILES string of the molecule is Cc1cc(S(=O)(=O)N(C)C2CCNCC2)ccc1[N+](=O)[O-].Cl. The minimum Gasteiger partial charge on any atom is -0.317 e. The summed E-state index contributed by atoms with van der Waals surface area (Å²) < 4.78 is 26.6. The van der Waals surface area contributed by atoms with Crippen molar-refractivity contribution in [2.75, 3.05) is 20.1 Å². The zero-order valence-electron chi connectivity index (χ0n) is 12.5. The van der Waals surface area contributed by atoms with E-state index in [1.165, 1.54) is 22.5 Å². The van der Waals surface area contributed by atoms with Gasteiger partial charge in [-0.3, -0.25) is 10.1 Å². The van der Waals surface area contributed by atoms with E-state index in [2.05, 4.69) is 5.32 Å². The lowest BCUT2D eigenvalue weighted by molar-refractivity contribution is -0.385. The third kappa shape index (κ3) is 3.75. The van der Waals surface area contributed by atoms with Gasteiger partial charge >= 0.3 is 0 Å². The number of hydrogen-bond acceptors (Lipinski definition) is 5. The van der Waals surface area contributed by atoms with E-state index in [0.717, 1.165) is 25.9 Å². The summed E-state index contributed by atoms with van der Waals surface area (Å²) in [6.07, 6.45) is 1.53. The Morgan fingerprint density at radius 3 is 2.41 bits per heavy atom. The molecule has 0 amide bonds. The Hall–Kier alpha value is -1.22. The molecular weight excluding hydrogens is 330 g/mol. The quantitative estimate of drug-likeness (QED) is 0.659. The van der Waals surface area contributed by atoms with Crippen molar-refractivity contribution in [1.82, 2.24) is 9.62 Å². The van der Waals surface area contributed by atoms with Crippen LogP contribution in [-0.4, -0.2) is 43.8 Å². The van der Waals surface area contributed by atoms with Crippen LogP contribution in [0.3, 0.4) is 0 Å². The van der Waals surface area contributed by atoms with Crippen LogP contribution in [-0.2, 0) is 10.0 Å². The molecule has 1 aromatic rings. The molecule has 124 valence electrons. The second-order valence-electron chi connectivity index (χ2n) is 5.21. The van der Waals surface area contributed by atoms with Crippen molar-refractivity contribution in [1.29, 1.82) is 0 Å². The van der Waals surface area contributed by atoms with Crippen molar-refractivity contribution in [3.05, 3.63) is 33.9 Å². The first kappa shape index (κ1) is 18.8. The Morgan fingerprint density at radius 1 is 1.32 bits per heavy atom. The predicted molar refractivity (Wildman–Crippen MR) is 85.9 cm³/mol. The van der Waals surface area contributed by atoms with E-state index in [1.807, 2.05) is 0 Å². The van der Waals surface area contributed by atoms with Crippen LogP contribution >= 0.6 is 12.4 Å². The van der Waals surface area contributed by atoms with E-state index in [1.54, 1.807) is 14.0 Å². The average molecular weight is 350 g/mol. The largest absolute Gasteiger partial charge is 0.317 e. The van der Waals surface area contributed by atoms with Crippen molar-refractivity contribution in [3.8, 4) is 0 Å². The second kappa shape index (κ2) is 7.36. The number of aryl methyl sites for hydroxylation is 1. The molecular formula is C13H20ClN3O4S. The van der Waals surface area contributed by atoms with E-state index in [9.17, 15) is 18.5 Å². The molecule has 0 radical (unpaired) electrons. The normalized spacial score (nSPS) is 16.3. The highest BCUT2D eigenvalue weighted by Crippen LogP contribution is 2.25. The van der Waals surface area contributed by atoms with Gasteiger partial charge in [0.05, 0.1) is 9.82 Å². The topological polar surface area (TPSA) is 92.6 Å². The van der Waals surface area contributed by atoms with Gasteiger partial charge in [-0.05, 0) is 45.0 Å². The lowest BCUT2D eigenvalue weighted by atomic mass is 10.1.